The molecule has 1 saturated heterocycles. The third-order valence-electron chi connectivity index (χ3n) is 3.26. The fraction of sp³-hybridized carbons (Fsp3) is 0.467. The number of hydrogen-bond donors (Lipinski definition) is 1. The Labute approximate surface area is 118 Å². The van der Waals surface area contributed by atoms with Gasteiger partial charge < -0.3 is 14.8 Å². The Morgan fingerprint density at radius 1 is 1.40 bits per heavy atom. The maximum atomic E-state index is 12.0. The Morgan fingerprint density at radius 2 is 2.15 bits per heavy atom. The van der Waals surface area contributed by atoms with Gasteiger partial charge in [-0.3, -0.25) is 4.79 Å². The molecule has 5 nitrogen and oxygen atoms in total. The summed E-state index contributed by atoms with van der Waals surface area (Å²) in [5, 5.41) is 2.75. The smallest absolute Gasteiger partial charge is 0.336 e. The molecule has 108 valence electrons. The van der Waals surface area contributed by atoms with E-state index in [4.69, 9.17) is 9.47 Å². The normalized spacial score (nSPS) is 19.4. The van der Waals surface area contributed by atoms with Crippen LogP contribution in [0.4, 0.5) is 5.69 Å². The van der Waals surface area contributed by atoms with E-state index in [1.54, 1.807) is 6.92 Å². The molecule has 0 unspecified atom stereocenters. The molecule has 0 aliphatic carbocycles. The van der Waals surface area contributed by atoms with E-state index < -0.39 is 18.2 Å². The summed E-state index contributed by atoms with van der Waals surface area (Å²) in [6.45, 7) is 4.03. The van der Waals surface area contributed by atoms with Crippen molar-refractivity contribution >= 4 is 17.6 Å². The summed E-state index contributed by atoms with van der Waals surface area (Å²) < 4.78 is 10.4. The van der Waals surface area contributed by atoms with Gasteiger partial charge in [0.15, 0.2) is 12.2 Å². The van der Waals surface area contributed by atoms with Gasteiger partial charge in [0, 0.05) is 12.3 Å². The summed E-state index contributed by atoms with van der Waals surface area (Å²) >= 11 is 0. The van der Waals surface area contributed by atoms with Gasteiger partial charge in [-0.25, -0.2) is 4.79 Å². The topological polar surface area (TPSA) is 64.6 Å². The number of ether oxygens (including phenoxy) is 2. The molecule has 1 amide bonds. The molecule has 0 aromatic heterocycles. The molecule has 0 saturated carbocycles. The molecule has 1 heterocycles. The minimum atomic E-state index is -0.841. The Balaban J connectivity index is 1.88. The standard InChI is InChI=1S/C15H19NO4/c1-10-6-3-4-7-12(10)16-14(17)11(2)20-15(18)13-8-5-9-19-13/h3-4,6-7,11,13H,5,8-9H2,1-2H3,(H,16,17)/t11-,13-/m1/s1. The van der Waals surface area contributed by atoms with Gasteiger partial charge in [-0.2, -0.15) is 0 Å². The molecular formula is C15H19NO4. The van der Waals surface area contributed by atoms with Crippen molar-refractivity contribution in [1.82, 2.24) is 0 Å². The predicted octanol–water partition coefficient (Wildman–Crippen LogP) is 2.04. The average Bonchev–Trinajstić information content (AvgIpc) is 2.95. The van der Waals surface area contributed by atoms with Crippen molar-refractivity contribution in [3.8, 4) is 0 Å². The Bertz CT molecular complexity index is 494. The number of amides is 1. The Morgan fingerprint density at radius 3 is 2.80 bits per heavy atom. The van der Waals surface area contributed by atoms with Crippen molar-refractivity contribution < 1.29 is 19.1 Å². The van der Waals surface area contributed by atoms with Gasteiger partial charge in [0.25, 0.3) is 5.91 Å². The number of anilines is 1. The van der Waals surface area contributed by atoms with E-state index in [9.17, 15) is 9.59 Å². The molecule has 1 aromatic carbocycles. The molecule has 1 N–H and O–H groups in total. The van der Waals surface area contributed by atoms with Crippen LogP contribution in [0.5, 0.6) is 0 Å². The van der Waals surface area contributed by atoms with Crippen LogP contribution in [-0.4, -0.2) is 30.7 Å². The van der Waals surface area contributed by atoms with Gasteiger partial charge >= 0.3 is 5.97 Å². The first-order chi connectivity index (χ1) is 9.58. The van der Waals surface area contributed by atoms with Crippen LogP contribution < -0.4 is 5.32 Å². The summed E-state index contributed by atoms with van der Waals surface area (Å²) in [5.74, 6) is -0.805. The zero-order chi connectivity index (χ0) is 14.5. The van der Waals surface area contributed by atoms with Gasteiger partial charge in [0.1, 0.15) is 0 Å². The number of para-hydroxylation sites is 1. The van der Waals surface area contributed by atoms with Crippen molar-refractivity contribution in [2.75, 3.05) is 11.9 Å². The van der Waals surface area contributed by atoms with Gasteiger partial charge in [0.2, 0.25) is 0 Å². The van der Waals surface area contributed by atoms with Gasteiger partial charge in [0.05, 0.1) is 0 Å². The molecule has 0 bridgehead atoms. The monoisotopic (exact) mass is 277 g/mol. The lowest BCUT2D eigenvalue weighted by Gasteiger charge is -2.16. The van der Waals surface area contributed by atoms with Crippen molar-refractivity contribution in [3.63, 3.8) is 0 Å². The first-order valence-electron chi connectivity index (χ1n) is 6.76. The fourth-order valence-electron chi connectivity index (χ4n) is 2.01. The van der Waals surface area contributed by atoms with E-state index in [1.807, 2.05) is 31.2 Å². The number of aryl methyl sites for hydroxylation is 1. The van der Waals surface area contributed by atoms with Crippen molar-refractivity contribution in [3.05, 3.63) is 29.8 Å². The quantitative estimate of drug-likeness (QED) is 0.855. The second kappa shape index (κ2) is 6.52. The van der Waals surface area contributed by atoms with Crippen LogP contribution in [0.25, 0.3) is 0 Å². The molecular weight excluding hydrogens is 258 g/mol. The van der Waals surface area contributed by atoms with E-state index in [1.165, 1.54) is 0 Å². The molecule has 0 radical (unpaired) electrons. The maximum absolute atomic E-state index is 12.0. The summed E-state index contributed by atoms with van der Waals surface area (Å²) in [6.07, 6.45) is 0.143. The van der Waals surface area contributed by atoms with Crippen LogP contribution in [0.1, 0.15) is 25.3 Å². The molecule has 2 atom stereocenters. The van der Waals surface area contributed by atoms with Crippen molar-refractivity contribution in [1.29, 1.82) is 0 Å². The van der Waals surface area contributed by atoms with Gasteiger partial charge in [-0.05, 0) is 38.3 Å². The number of esters is 1. The largest absolute Gasteiger partial charge is 0.451 e. The number of rotatable bonds is 4. The highest BCUT2D eigenvalue weighted by molar-refractivity contribution is 5.95. The SMILES string of the molecule is Cc1ccccc1NC(=O)[C@@H](C)OC(=O)[C@H]1CCCO1. The zero-order valence-corrected chi connectivity index (χ0v) is 11.7. The van der Waals surface area contributed by atoms with Crippen LogP contribution in [0.3, 0.4) is 0 Å². The van der Waals surface area contributed by atoms with Gasteiger partial charge in [-0.15, -0.1) is 0 Å². The molecule has 5 heteroatoms. The van der Waals surface area contributed by atoms with E-state index in [0.29, 0.717) is 13.0 Å². The van der Waals surface area contributed by atoms with E-state index in [0.717, 1.165) is 17.7 Å². The van der Waals surface area contributed by atoms with Gasteiger partial charge in [-0.1, -0.05) is 18.2 Å². The molecule has 1 aliphatic rings. The molecule has 0 spiro atoms. The van der Waals surface area contributed by atoms with Crippen molar-refractivity contribution in [2.24, 2.45) is 0 Å². The Kier molecular flexibility index (Phi) is 4.74. The molecule has 1 aromatic rings. The summed E-state index contributed by atoms with van der Waals surface area (Å²) in [7, 11) is 0. The highest BCUT2D eigenvalue weighted by Gasteiger charge is 2.28. The average molecular weight is 277 g/mol. The maximum Gasteiger partial charge on any atom is 0.336 e. The molecule has 1 fully saturated rings. The summed E-state index contributed by atoms with van der Waals surface area (Å²) in [4.78, 5) is 23.7. The van der Waals surface area contributed by atoms with Crippen LogP contribution in [0.15, 0.2) is 24.3 Å². The number of nitrogens with one attached hydrogen (secondary N) is 1. The van der Waals surface area contributed by atoms with Crippen LogP contribution in [-0.2, 0) is 19.1 Å². The number of hydrogen-bond acceptors (Lipinski definition) is 4. The highest BCUT2D eigenvalue weighted by atomic mass is 16.6. The third kappa shape index (κ3) is 3.57. The first-order valence-corrected chi connectivity index (χ1v) is 6.76. The van der Waals surface area contributed by atoms with Crippen LogP contribution in [0, 0.1) is 6.92 Å². The second-order valence-corrected chi connectivity index (χ2v) is 4.88. The number of benzene rings is 1. The summed E-state index contributed by atoms with van der Waals surface area (Å²) in [6, 6.07) is 7.44. The summed E-state index contributed by atoms with van der Waals surface area (Å²) in [5.41, 5.74) is 1.68. The minimum absolute atomic E-state index is 0.342. The van der Waals surface area contributed by atoms with Crippen molar-refractivity contribution in [2.45, 2.75) is 38.9 Å². The fourth-order valence-corrected chi connectivity index (χ4v) is 2.01. The first kappa shape index (κ1) is 14.5. The molecule has 2 rings (SSSR count). The predicted molar refractivity (Wildman–Crippen MR) is 74.3 cm³/mol. The zero-order valence-electron chi connectivity index (χ0n) is 11.7. The molecule has 1 aliphatic heterocycles. The number of carbonyl (C=O) groups excluding carboxylic acids is 2. The van der Waals surface area contributed by atoms with Crippen LogP contribution >= 0.6 is 0 Å². The second-order valence-electron chi connectivity index (χ2n) is 4.88. The highest BCUT2D eigenvalue weighted by Crippen LogP contribution is 2.16. The lowest BCUT2D eigenvalue weighted by Crippen LogP contribution is -2.34. The van der Waals surface area contributed by atoms with E-state index in [2.05, 4.69) is 5.32 Å². The number of carbonyl (C=O) groups is 2. The Hall–Kier alpha value is -1.88. The van der Waals surface area contributed by atoms with E-state index in [-0.39, 0.29) is 5.91 Å². The lowest BCUT2D eigenvalue weighted by atomic mass is 10.2. The van der Waals surface area contributed by atoms with E-state index >= 15 is 0 Å². The molecule has 20 heavy (non-hydrogen) atoms. The lowest BCUT2D eigenvalue weighted by molar-refractivity contribution is -0.162. The third-order valence-corrected chi connectivity index (χ3v) is 3.26. The van der Waals surface area contributed by atoms with Crippen LogP contribution in [0.2, 0.25) is 0 Å². The minimum Gasteiger partial charge on any atom is -0.451 e.